The van der Waals surface area contributed by atoms with Gasteiger partial charge in [0.1, 0.15) is 10.5 Å². The van der Waals surface area contributed by atoms with Crippen LogP contribution in [0.25, 0.3) is 0 Å². The van der Waals surface area contributed by atoms with E-state index in [1.165, 1.54) is 7.05 Å². The molecule has 0 atom stereocenters. The quantitative estimate of drug-likeness (QED) is 0.247. The third kappa shape index (κ3) is 5.09. The minimum Gasteiger partial charge on any atom is -0.494 e. The molecule has 0 unspecified atom stereocenters. The molecule has 2 rings (SSSR count). The molecule has 0 saturated carbocycles. The number of rotatable bonds is 9. The van der Waals surface area contributed by atoms with E-state index in [-0.39, 0.29) is 22.7 Å². The van der Waals surface area contributed by atoms with Gasteiger partial charge in [-0.05, 0) is 12.5 Å². The monoisotopic (exact) mass is 440 g/mol. The Balaban J connectivity index is 2.44. The Labute approximate surface area is 170 Å². The van der Waals surface area contributed by atoms with E-state index in [0.29, 0.717) is 6.42 Å². The summed E-state index contributed by atoms with van der Waals surface area (Å²) in [7, 11) is -2.73. The Morgan fingerprint density at radius 3 is 2.63 bits per heavy atom. The van der Waals surface area contributed by atoms with Crippen LogP contribution in [0.5, 0.6) is 5.88 Å². The number of hydrogen-bond acceptors (Lipinski definition) is 9. The highest BCUT2D eigenvalue weighted by atomic mass is 32.2. The first kappa shape index (κ1) is 22.8. The zero-order valence-corrected chi connectivity index (χ0v) is 16.9. The molecule has 0 saturated heterocycles. The van der Waals surface area contributed by atoms with Crippen LogP contribution >= 0.6 is 0 Å². The van der Waals surface area contributed by atoms with Gasteiger partial charge in [-0.2, -0.15) is 5.10 Å². The van der Waals surface area contributed by atoms with Gasteiger partial charge in [-0.25, -0.2) is 17.5 Å². The highest BCUT2D eigenvalue weighted by Crippen LogP contribution is 2.28. The first-order valence-electron chi connectivity index (χ1n) is 8.67. The molecule has 2 aromatic rings. The van der Waals surface area contributed by atoms with Gasteiger partial charge in [0.25, 0.3) is 11.2 Å². The fourth-order valence-electron chi connectivity index (χ4n) is 2.37. The number of anilines is 1. The van der Waals surface area contributed by atoms with Crippen LogP contribution in [0.1, 0.15) is 25.3 Å². The van der Waals surface area contributed by atoms with Crippen molar-refractivity contribution in [1.82, 2.24) is 14.3 Å². The van der Waals surface area contributed by atoms with Crippen LogP contribution in [0.4, 0.5) is 11.4 Å². The standard InChI is InChI=1S/C16H20N6O7S/c1-3-4-7-21(2)30(28,29)13-8-10(22(26)27)5-6-12(13)20-17-9-11-14(23)18-16(25)19-15(11)24/h5-6,8-9,20H,3-4,7H2,1-2H3,(H3,18,19,23,24,25). The Kier molecular flexibility index (Phi) is 7.07. The SMILES string of the molecule is CCCCN(C)S(=O)(=O)c1cc([N+](=O)[O-])ccc1NN=Cc1c(O)[nH]c(=O)[nH]c1=O. The summed E-state index contributed by atoms with van der Waals surface area (Å²) >= 11 is 0. The summed E-state index contributed by atoms with van der Waals surface area (Å²) in [5.74, 6) is -0.731. The summed E-state index contributed by atoms with van der Waals surface area (Å²) in [5.41, 5.74) is -0.328. The number of non-ortho nitro benzene ring substituents is 1. The maximum absolute atomic E-state index is 12.9. The summed E-state index contributed by atoms with van der Waals surface area (Å²) < 4.78 is 26.9. The molecular formula is C16H20N6O7S. The molecule has 0 amide bonds. The normalized spacial score (nSPS) is 11.8. The Bertz CT molecular complexity index is 1190. The molecular weight excluding hydrogens is 420 g/mol. The number of hydrazone groups is 1. The molecule has 4 N–H and O–H groups in total. The van der Waals surface area contributed by atoms with Gasteiger partial charge in [-0.3, -0.25) is 30.3 Å². The van der Waals surface area contributed by atoms with Crippen LogP contribution < -0.4 is 16.7 Å². The molecule has 0 aliphatic heterocycles. The number of aromatic nitrogens is 2. The van der Waals surface area contributed by atoms with E-state index in [1.807, 2.05) is 16.9 Å². The number of nitro benzene ring substituents is 1. The number of sulfonamides is 1. The average molecular weight is 440 g/mol. The topological polar surface area (TPSA) is 191 Å². The second kappa shape index (κ2) is 9.32. The van der Waals surface area contributed by atoms with Crippen LogP contribution in [0.3, 0.4) is 0 Å². The van der Waals surface area contributed by atoms with Crippen molar-refractivity contribution < 1.29 is 18.4 Å². The van der Waals surface area contributed by atoms with E-state index in [2.05, 4.69) is 10.5 Å². The van der Waals surface area contributed by atoms with Crippen molar-refractivity contribution in [2.24, 2.45) is 5.10 Å². The van der Waals surface area contributed by atoms with E-state index in [0.717, 1.165) is 35.1 Å². The third-order valence-electron chi connectivity index (χ3n) is 4.03. The van der Waals surface area contributed by atoms with Crippen LogP contribution in [0, 0.1) is 10.1 Å². The molecule has 0 aliphatic rings. The molecule has 162 valence electrons. The van der Waals surface area contributed by atoms with E-state index in [9.17, 15) is 33.2 Å². The largest absolute Gasteiger partial charge is 0.494 e. The zero-order chi connectivity index (χ0) is 22.5. The molecule has 0 fully saturated rings. The molecule has 1 aromatic carbocycles. The summed E-state index contributed by atoms with van der Waals surface area (Å²) in [4.78, 5) is 36.6. The van der Waals surface area contributed by atoms with Gasteiger partial charge in [0.05, 0.1) is 16.8 Å². The zero-order valence-electron chi connectivity index (χ0n) is 16.1. The maximum Gasteiger partial charge on any atom is 0.328 e. The second-order valence-electron chi connectivity index (χ2n) is 6.16. The summed E-state index contributed by atoms with van der Waals surface area (Å²) in [6, 6.07) is 3.15. The molecule has 0 spiro atoms. The van der Waals surface area contributed by atoms with E-state index >= 15 is 0 Å². The van der Waals surface area contributed by atoms with Crippen molar-refractivity contribution in [2.45, 2.75) is 24.7 Å². The van der Waals surface area contributed by atoms with E-state index in [1.54, 1.807) is 0 Å². The molecule has 14 heteroatoms. The van der Waals surface area contributed by atoms with Gasteiger partial charge in [0, 0.05) is 25.7 Å². The number of nitrogens with one attached hydrogen (secondary N) is 3. The number of aromatic hydroxyl groups is 1. The first-order chi connectivity index (χ1) is 14.1. The van der Waals surface area contributed by atoms with E-state index < -0.39 is 37.8 Å². The smallest absolute Gasteiger partial charge is 0.328 e. The minimum absolute atomic E-state index is 0.0828. The van der Waals surface area contributed by atoms with Crippen molar-refractivity contribution in [3.05, 3.63) is 54.7 Å². The number of nitro groups is 1. The highest BCUT2D eigenvalue weighted by molar-refractivity contribution is 7.89. The van der Waals surface area contributed by atoms with Crippen molar-refractivity contribution in [3.63, 3.8) is 0 Å². The number of unbranched alkanes of at least 4 members (excludes halogenated alkanes) is 1. The predicted molar refractivity (Wildman–Crippen MR) is 108 cm³/mol. The fourth-order valence-corrected chi connectivity index (χ4v) is 3.74. The lowest BCUT2D eigenvalue weighted by Gasteiger charge is -2.18. The summed E-state index contributed by atoms with van der Waals surface area (Å²) in [6.07, 6.45) is 2.21. The Morgan fingerprint density at radius 2 is 2.03 bits per heavy atom. The average Bonchev–Trinajstić information content (AvgIpc) is 2.67. The molecule has 13 nitrogen and oxygen atoms in total. The number of benzene rings is 1. The van der Waals surface area contributed by atoms with Gasteiger partial charge >= 0.3 is 5.69 Å². The molecule has 1 heterocycles. The van der Waals surface area contributed by atoms with E-state index in [4.69, 9.17) is 0 Å². The highest BCUT2D eigenvalue weighted by Gasteiger charge is 2.26. The lowest BCUT2D eigenvalue weighted by molar-refractivity contribution is -0.385. The molecule has 1 aromatic heterocycles. The van der Waals surface area contributed by atoms with Crippen molar-refractivity contribution in [1.29, 1.82) is 0 Å². The van der Waals surface area contributed by atoms with Crippen LogP contribution in [-0.2, 0) is 10.0 Å². The van der Waals surface area contributed by atoms with Crippen LogP contribution in [0.15, 0.2) is 37.8 Å². The molecule has 0 aliphatic carbocycles. The van der Waals surface area contributed by atoms with Gasteiger partial charge in [-0.15, -0.1) is 0 Å². The Hall–Kier alpha value is -3.52. The summed E-state index contributed by atoms with van der Waals surface area (Å²) in [6.45, 7) is 2.11. The third-order valence-corrected chi connectivity index (χ3v) is 5.92. The number of hydrogen-bond donors (Lipinski definition) is 4. The molecule has 0 radical (unpaired) electrons. The maximum atomic E-state index is 12.9. The van der Waals surface area contributed by atoms with Crippen LogP contribution in [-0.4, -0.2) is 52.5 Å². The predicted octanol–water partition coefficient (Wildman–Crippen LogP) is 0.544. The second-order valence-corrected chi connectivity index (χ2v) is 8.17. The fraction of sp³-hybridized carbons (Fsp3) is 0.312. The number of aromatic amines is 2. The van der Waals surface area contributed by atoms with Gasteiger partial charge in [-0.1, -0.05) is 13.3 Å². The summed E-state index contributed by atoms with van der Waals surface area (Å²) in [5, 5.41) is 24.4. The molecule has 30 heavy (non-hydrogen) atoms. The van der Waals surface area contributed by atoms with Gasteiger partial charge in [0.15, 0.2) is 0 Å². The van der Waals surface area contributed by atoms with Crippen molar-refractivity contribution in [3.8, 4) is 5.88 Å². The van der Waals surface area contributed by atoms with Crippen molar-refractivity contribution >= 4 is 27.6 Å². The lowest BCUT2D eigenvalue weighted by Crippen LogP contribution is -2.28. The van der Waals surface area contributed by atoms with Gasteiger partial charge < -0.3 is 5.11 Å². The van der Waals surface area contributed by atoms with Crippen molar-refractivity contribution in [2.75, 3.05) is 19.0 Å². The lowest BCUT2D eigenvalue weighted by atomic mass is 10.3. The van der Waals surface area contributed by atoms with Crippen LogP contribution in [0.2, 0.25) is 0 Å². The number of H-pyrrole nitrogens is 2. The number of nitrogens with zero attached hydrogens (tertiary/aromatic N) is 3. The first-order valence-corrected chi connectivity index (χ1v) is 10.1. The van der Waals surface area contributed by atoms with Gasteiger partial charge in [0.2, 0.25) is 15.9 Å². The molecule has 0 bridgehead atoms. The Morgan fingerprint density at radius 1 is 1.33 bits per heavy atom. The minimum atomic E-state index is -4.09.